The molecule has 3 heterocycles. The van der Waals surface area contributed by atoms with Crippen molar-refractivity contribution < 1.29 is 14.3 Å². The zero-order valence-electron chi connectivity index (χ0n) is 16.4. The van der Waals surface area contributed by atoms with Gasteiger partial charge in [-0.25, -0.2) is 14.2 Å². The Bertz CT molecular complexity index is 1420. The van der Waals surface area contributed by atoms with E-state index in [0.717, 1.165) is 22.0 Å². The zero-order chi connectivity index (χ0) is 21.0. The van der Waals surface area contributed by atoms with Gasteiger partial charge in [0.15, 0.2) is 0 Å². The molecule has 0 amide bonds. The van der Waals surface area contributed by atoms with Crippen molar-refractivity contribution in [2.45, 2.75) is 19.8 Å². The van der Waals surface area contributed by atoms with Crippen molar-refractivity contribution in [1.29, 1.82) is 0 Å². The van der Waals surface area contributed by atoms with E-state index in [9.17, 15) is 14.3 Å². The van der Waals surface area contributed by atoms with Gasteiger partial charge in [-0.1, -0.05) is 26.0 Å². The number of benzene rings is 2. The molecule has 5 rings (SSSR count). The fourth-order valence-electron chi connectivity index (χ4n) is 4.25. The second-order valence-electron chi connectivity index (χ2n) is 7.62. The van der Waals surface area contributed by atoms with E-state index in [2.05, 4.69) is 19.9 Å². The fraction of sp³-hybridized carbons (Fsp3) is 0.130. The maximum absolute atomic E-state index is 14.4. The molecule has 5 aromatic rings. The molecule has 30 heavy (non-hydrogen) atoms. The van der Waals surface area contributed by atoms with E-state index < -0.39 is 11.8 Å². The molecule has 0 bridgehead atoms. The average Bonchev–Trinajstić information content (AvgIpc) is 3.43. The van der Waals surface area contributed by atoms with Crippen molar-refractivity contribution >= 4 is 27.9 Å². The first-order valence-corrected chi connectivity index (χ1v) is 9.64. The van der Waals surface area contributed by atoms with Gasteiger partial charge in [0.05, 0.1) is 23.1 Å². The van der Waals surface area contributed by atoms with Crippen molar-refractivity contribution in [2.24, 2.45) is 0 Å². The number of carboxylic acid groups (broad SMARTS) is 1. The number of H-pyrrole nitrogens is 3. The minimum Gasteiger partial charge on any atom is -0.477 e. The third-order valence-electron chi connectivity index (χ3n) is 5.45. The molecule has 0 fully saturated rings. The lowest BCUT2D eigenvalue weighted by Crippen LogP contribution is -2.00. The SMILES string of the molecule is CC(C)c1c(-c2cc(F)cc3[nH]ccc23)[nH]c(C(=O)O)c1-c1cccc2[nH]cnc12. The molecule has 0 spiro atoms. The van der Waals surface area contributed by atoms with Gasteiger partial charge in [0.25, 0.3) is 0 Å². The van der Waals surface area contributed by atoms with Crippen LogP contribution in [0.25, 0.3) is 44.3 Å². The van der Waals surface area contributed by atoms with E-state index in [-0.39, 0.29) is 11.6 Å². The molecule has 4 N–H and O–H groups in total. The number of aromatic amines is 3. The topological polar surface area (TPSA) is 97.6 Å². The number of para-hydroxylation sites is 1. The van der Waals surface area contributed by atoms with E-state index in [4.69, 9.17) is 0 Å². The monoisotopic (exact) mass is 402 g/mol. The number of halogens is 1. The van der Waals surface area contributed by atoms with Gasteiger partial charge in [0.2, 0.25) is 0 Å². The highest BCUT2D eigenvalue weighted by Crippen LogP contribution is 2.43. The third-order valence-corrected chi connectivity index (χ3v) is 5.45. The summed E-state index contributed by atoms with van der Waals surface area (Å²) in [6.45, 7) is 4.00. The first kappa shape index (κ1) is 18.2. The Morgan fingerprint density at radius 1 is 1.10 bits per heavy atom. The number of carbonyl (C=O) groups is 1. The molecule has 7 heteroatoms. The predicted octanol–water partition coefficient (Wildman–Crippen LogP) is 5.67. The summed E-state index contributed by atoms with van der Waals surface area (Å²) in [5.41, 5.74) is 5.58. The number of rotatable bonds is 4. The first-order chi connectivity index (χ1) is 14.5. The van der Waals surface area contributed by atoms with E-state index in [1.54, 1.807) is 12.5 Å². The number of aromatic nitrogens is 4. The van der Waals surface area contributed by atoms with Crippen LogP contribution in [0.15, 0.2) is 48.9 Å². The van der Waals surface area contributed by atoms with Crippen molar-refractivity contribution in [3.63, 3.8) is 0 Å². The van der Waals surface area contributed by atoms with Gasteiger partial charge in [0.1, 0.15) is 11.5 Å². The smallest absolute Gasteiger partial charge is 0.352 e. The normalized spacial score (nSPS) is 11.7. The third kappa shape index (κ3) is 2.62. The molecule has 0 atom stereocenters. The van der Waals surface area contributed by atoms with E-state index in [1.165, 1.54) is 12.1 Å². The molecule has 0 aliphatic heterocycles. The lowest BCUT2D eigenvalue weighted by atomic mass is 9.89. The second-order valence-corrected chi connectivity index (χ2v) is 7.62. The van der Waals surface area contributed by atoms with Gasteiger partial charge in [-0.15, -0.1) is 0 Å². The summed E-state index contributed by atoms with van der Waals surface area (Å²) < 4.78 is 14.4. The predicted molar refractivity (Wildman–Crippen MR) is 114 cm³/mol. The number of hydrogen-bond acceptors (Lipinski definition) is 2. The van der Waals surface area contributed by atoms with Crippen molar-refractivity contribution in [2.75, 3.05) is 0 Å². The number of imidazole rings is 1. The van der Waals surface area contributed by atoms with Gasteiger partial charge in [-0.3, -0.25) is 0 Å². The highest BCUT2D eigenvalue weighted by Gasteiger charge is 2.28. The minimum absolute atomic E-state index is 0.0224. The lowest BCUT2D eigenvalue weighted by Gasteiger charge is -2.13. The number of hydrogen-bond donors (Lipinski definition) is 4. The number of fused-ring (bicyclic) bond motifs is 2. The molecule has 3 aromatic heterocycles. The molecule has 0 saturated heterocycles. The van der Waals surface area contributed by atoms with Gasteiger partial charge < -0.3 is 20.1 Å². The summed E-state index contributed by atoms with van der Waals surface area (Å²) >= 11 is 0. The summed E-state index contributed by atoms with van der Waals surface area (Å²) in [5.74, 6) is -1.49. The molecule has 150 valence electrons. The Morgan fingerprint density at radius 3 is 2.70 bits per heavy atom. The van der Waals surface area contributed by atoms with Gasteiger partial charge in [-0.2, -0.15) is 0 Å². The standard InChI is InChI=1S/C23H19FN4O2/c1-11(2)18-19(14-4-3-5-16-20(14)27-10-26-16)22(23(29)30)28-21(18)15-8-12(24)9-17-13(15)6-7-25-17/h3-11,25,28H,1-2H3,(H,26,27)(H,29,30). The molecule has 0 aliphatic carbocycles. The van der Waals surface area contributed by atoms with Crippen molar-refractivity contribution in [3.05, 3.63) is 66.0 Å². The van der Waals surface area contributed by atoms with E-state index in [0.29, 0.717) is 27.9 Å². The maximum Gasteiger partial charge on any atom is 0.352 e. The van der Waals surface area contributed by atoms with Crippen molar-refractivity contribution in [3.8, 4) is 22.4 Å². The first-order valence-electron chi connectivity index (χ1n) is 9.64. The summed E-state index contributed by atoms with van der Waals surface area (Å²) in [4.78, 5) is 25.8. The number of aromatic carboxylic acids is 1. The van der Waals surface area contributed by atoms with Crippen LogP contribution in [-0.2, 0) is 0 Å². The van der Waals surface area contributed by atoms with Crippen LogP contribution < -0.4 is 0 Å². The molecule has 0 saturated carbocycles. The molecule has 6 nitrogen and oxygen atoms in total. The van der Waals surface area contributed by atoms with Crippen LogP contribution in [0.1, 0.15) is 35.8 Å². The minimum atomic E-state index is -1.08. The Hall–Kier alpha value is -3.87. The number of carboxylic acids is 1. The highest BCUT2D eigenvalue weighted by atomic mass is 19.1. The molecule has 2 aromatic carbocycles. The summed E-state index contributed by atoms with van der Waals surface area (Å²) in [6, 6.07) is 10.4. The fourth-order valence-corrected chi connectivity index (χ4v) is 4.25. The Kier molecular flexibility index (Phi) is 3.99. The van der Waals surface area contributed by atoms with Crippen LogP contribution in [0.2, 0.25) is 0 Å². The molecular weight excluding hydrogens is 383 g/mol. The van der Waals surface area contributed by atoms with Crippen LogP contribution in [0.5, 0.6) is 0 Å². The maximum atomic E-state index is 14.4. The van der Waals surface area contributed by atoms with Gasteiger partial charge in [0, 0.05) is 33.8 Å². The summed E-state index contributed by atoms with van der Waals surface area (Å²) in [6.07, 6.45) is 3.34. The van der Waals surface area contributed by atoms with Crippen LogP contribution >= 0.6 is 0 Å². The van der Waals surface area contributed by atoms with Crippen LogP contribution in [0, 0.1) is 5.82 Å². The van der Waals surface area contributed by atoms with E-state index >= 15 is 0 Å². The molecule has 0 unspecified atom stereocenters. The largest absolute Gasteiger partial charge is 0.477 e. The summed E-state index contributed by atoms with van der Waals surface area (Å²) in [7, 11) is 0. The van der Waals surface area contributed by atoms with Crippen LogP contribution in [-0.4, -0.2) is 31.0 Å². The molecule has 0 radical (unpaired) electrons. The zero-order valence-corrected chi connectivity index (χ0v) is 16.4. The Balaban J connectivity index is 1.91. The Labute approximate surface area is 170 Å². The van der Waals surface area contributed by atoms with Crippen LogP contribution in [0.4, 0.5) is 4.39 Å². The van der Waals surface area contributed by atoms with Crippen LogP contribution in [0.3, 0.4) is 0 Å². The van der Waals surface area contributed by atoms with E-state index in [1.807, 2.05) is 38.1 Å². The average molecular weight is 402 g/mol. The molecule has 0 aliphatic rings. The molecular formula is C23H19FN4O2. The van der Waals surface area contributed by atoms with Crippen molar-refractivity contribution in [1.82, 2.24) is 19.9 Å². The highest BCUT2D eigenvalue weighted by molar-refractivity contribution is 6.05. The number of nitrogens with one attached hydrogen (secondary N) is 3. The summed E-state index contributed by atoms with van der Waals surface area (Å²) in [5, 5.41) is 10.8. The number of nitrogens with zero attached hydrogens (tertiary/aromatic N) is 1. The quantitative estimate of drug-likeness (QED) is 0.312. The lowest BCUT2D eigenvalue weighted by molar-refractivity contribution is 0.0692. The van der Waals surface area contributed by atoms with Gasteiger partial charge in [-0.05, 0) is 35.7 Å². The second kappa shape index (κ2) is 6.59. The Morgan fingerprint density at radius 2 is 1.93 bits per heavy atom. The van der Waals surface area contributed by atoms with Gasteiger partial charge >= 0.3 is 5.97 Å².